The number of fused-ring (bicyclic) bond motifs is 1. The van der Waals surface area contributed by atoms with Crippen molar-refractivity contribution in [1.82, 2.24) is 14.7 Å². The second kappa shape index (κ2) is 6.64. The van der Waals surface area contributed by atoms with Crippen LogP contribution in [-0.4, -0.2) is 38.7 Å². The van der Waals surface area contributed by atoms with E-state index < -0.39 is 11.0 Å². The average molecular weight is 344 g/mol. The summed E-state index contributed by atoms with van der Waals surface area (Å²) in [5.74, 6) is -0.314. The van der Waals surface area contributed by atoms with Gasteiger partial charge in [-0.1, -0.05) is 24.3 Å². The second-order valence-electron chi connectivity index (χ2n) is 6.18. The van der Waals surface area contributed by atoms with Gasteiger partial charge in [-0.25, -0.2) is 4.68 Å². The zero-order valence-corrected chi connectivity index (χ0v) is 14.4. The monoisotopic (exact) mass is 344 g/mol. The van der Waals surface area contributed by atoms with Gasteiger partial charge in [0.15, 0.2) is 0 Å². The first kappa shape index (κ1) is 17.1. The van der Waals surface area contributed by atoms with Gasteiger partial charge >= 0.3 is 11.7 Å². The fraction of sp³-hybridized carbons (Fsp3) is 0.412. The number of esters is 1. The molecule has 132 valence electrons. The van der Waals surface area contributed by atoms with Crippen LogP contribution >= 0.6 is 0 Å². The van der Waals surface area contributed by atoms with Gasteiger partial charge in [0.25, 0.3) is 0 Å². The van der Waals surface area contributed by atoms with Crippen LogP contribution < -0.4 is 0 Å². The summed E-state index contributed by atoms with van der Waals surface area (Å²) in [6.07, 6.45) is 0.546. The summed E-state index contributed by atoms with van der Waals surface area (Å²) in [4.78, 5) is 25.0. The average Bonchev–Trinajstić information content (AvgIpc) is 2.87. The summed E-state index contributed by atoms with van der Waals surface area (Å²) in [6, 6.07) is 7.51. The highest BCUT2D eigenvalue weighted by molar-refractivity contribution is 5.76. The van der Waals surface area contributed by atoms with Crippen molar-refractivity contribution in [2.24, 2.45) is 0 Å². The molecule has 1 aromatic carbocycles. The van der Waals surface area contributed by atoms with E-state index >= 15 is 0 Å². The largest absolute Gasteiger partial charge is 0.468 e. The van der Waals surface area contributed by atoms with E-state index in [4.69, 9.17) is 4.74 Å². The van der Waals surface area contributed by atoms with Crippen molar-refractivity contribution in [3.05, 3.63) is 56.9 Å². The minimum Gasteiger partial charge on any atom is -0.468 e. The van der Waals surface area contributed by atoms with Crippen LogP contribution in [-0.2, 0) is 29.2 Å². The molecule has 8 nitrogen and oxygen atoms in total. The number of hydrogen-bond acceptors (Lipinski definition) is 6. The Balaban J connectivity index is 1.93. The topological polar surface area (TPSA) is 90.5 Å². The Hall–Kier alpha value is -2.74. The number of hydrogen-bond donors (Lipinski definition) is 0. The molecule has 0 saturated heterocycles. The fourth-order valence-electron chi connectivity index (χ4n) is 3.36. The Kier molecular flexibility index (Phi) is 4.54. The molecule has 1 atom stereocenters. The SMILES string of the molecule is COC(=O)C1Cc2ccccc2CN1Cn1nc(C)c([N+](=O)[O-])c1C. The lowest BCUT2D eigenvalue weighted by Gasteiger charge is -2.35. The van der Waals surface area contributed by atoms with Gasteiger partial charge in [-0.05, 0) is 31.4 Å². The van der Waals surface area contributed by atoms with E-state index in [0.29, 0.717) is 24.4 Å². The molecule has 3 rings (SSSR count). The molecule has 1 aliphatic heterocycles. The van der Waals surface area contributed by atoms with Gasteiger partial charge in [0, 0.05) is 6.54 Å². The molecule has 0 saturated carbocycles. The fourth-order valence-corrected chi connectivity index (χ4v) is 3.36. The molecule has 0 N–H and O–H groups in total. The van der Waals surface area contributed by atoms with E-state index in [2.05, 4.69) is 5.10 Å². The van der Waals surface area contributed by atoms with Crippen LogP contribution in [0.4, 0.5) is 5.69 Å². The highest BCUT2D eigenvalue weighted by Crippen LogP contribution is 2.27. The zero-order valence-electron chi connectivity index (χ0n) is 14.4. The summed E-state index contributed by atoms with van der Waals surface area (Å²) in [6.45, 7) is 4.13. The van der Waals surface area contributed by atoms with Crippen molar-refractivity contribution in [3.63, 3.8) is 0 Å². The van der Waals surface area contributed by atoms with Crippen molar-refractivity contribution in [1.29, 1.82) is 0 Å². The number of nitro groups is 1. The molecule has 25 heavy (non-hydrogen) atoms. The van der Waals surface area contributed by atoms with E-state index in [-0.39, 0.29) is 18.3 Å². The molecule has 1 aromatic heterocycles. The third kappa shape index (κ3) is 3.12. The predicted octanol–water partition coefficient (Wildman–Crippen LogP) is 1.97. The van der Waals surface area contributed by atoms with E-state index in [1.807, 2.05) is 29.2 Å². The van der Waals surface area contributed by atoms with Crippen LogP contribution in [0.15, 0.2) is 24.3 Å². The van der Waals surface area contributed by atoms with Gasteiger partial charge in [-0.3, -0.25) is 19.8 Å². The lowest BCUT2D eigenvalue weighted by atomic mass is 9.94. The van der Waals surface area contributed by atoms with Crippen molar-refractivity contribution in [2.75, 3.05) is 7.11 Å². The number of ether oxygens (including phenoxy) is 1. The molecule has 0 spiro atoms. The normalized spacial score (nSPS) is 17.2. The van der Waals surface area contributed by atoms with Crippen LogP contribution in [0.5, 0.6) is 0 Å². The van der Waals surface area contributed by atoms with Gasteiger partial charge in [0.05, 0.1) is 18.7 Å². The van der Waals surface area contributed by atoms with E-state index in [1.165, 1.54) is 7.11 Å². The summed E-state index contributed by atoms with van der Waals surface area (Å²) in [5.41, 5.74) is 3.12. The van der Waals surface area contributed by atoms with Crippen molar-refractivity contribution in [3.8, 4) is 0 Å². The molecule has 2 heterocycles. The minimum absolute atomic E-state index is 0.0204. The van der Waals surface area contributed by atoms with Crippen LogP contribution in [0.3, 0.4) is 0 Å². The van der Waals surface area contributed by atoms with E-state index in [9.17, 15) is 14.9 Å². The van der Waals surface area contributed by atoms with E-state index in [0.717, 1.165) is 11.1 Å². The standard InChI is InChI=1S/C17H20N4O4/c1-11-16(21(23)24)12(2)20(18-11)10-19-9-14-7-5-4-6-13(14)8-15(19)17(22)25-3/h4-7,15H,8-10H2,1-3H3. The first-order valence-electron chi connectivity index (χ1n) is 7.99. The molecule has 1 aliphatic rings. The maximum atomic E-state index is 12.2. The molecule has 2 aromatic rings. The predicted molar refractivity (Wildman–Crippen MR) is 89.8 cm³/mol. The lowest BCUT2D eigenvalue weighted by Crippen LogP contribution is -2.47. The highest BCUT2D eigenvalue weighted by Gasteiger charge is 2.33. The smallest absolute Gasteiger partial charge is 0.323 e. The Bertz CT molecular complexity index is 830. The molecule has 0 bridgehead atoms. The number of aromatic nitrogens is 2. The zero-order chi connectivity index (χ0) is 18.1. The Morgan fingerprint density at radius 3 is 2.64 bits per heavy atom. The van der Waals surface area contributed by atoms with Gasteiger partial charge in [-0.15, -0.1) is 0 Å². The molecule has 1 unspecified atom stereocenters. The van der Waals surface area contributed by atoms with Crippen LogP contribution in [0.1, 0.15) is 22.5 Å². The highest BCUT2D eigenvalue weighted by atomic mass is 16.6. The number of carbonyl (C=O) groups excluding carboxylic acids is 1. The summed E-state index contributed by atoms with van der Waals surface area (Å²) < 4.78 is 6.53. The van der Waals surface area contributed by atoms with E-state index in [1.54, 1.807) is 18.5 Å². The lowest BCUT2D eigenvalue weighted by molar-refractivity contribution is -0.386. The third-order valence-corrected chi connectivity index (χ3v) is 4.66. The van der Waals surface area contributed by atoms with Gasteiger partial charge in [0.2, 0.25) is 0 Å². The first-order chi connectivity index (χ1) is 11.9. The van der Waals surface area contributed by atoms with Gasteiger partial charge in [0.1, 0.15) is 17.4 Å². The maximum absolute atomic E-state index is 12.2. The second-order valence-corrected chi connectivity index (χ2v) is 6.18. The number of carbonyl (C=O) groups is 1. The number of nitrogens with zero attached hydrogens (tertiary/aromatic N) is 4. The number of methoxy groups -OCH3 is 1. The molecule has 0 amide bonds. The minimum atomic E-state index is -0.442. The molecule has 0 fully saturated rings. The van der Waals surface area contributed by atoms with Crippen molar-refractivity contribution >= 4 is 11.7 Å². The molecule has 8 heteroatoms. The van der Waals surface area contributed by atoms with Crippen LogP contribution in [0.2, 0.25) is 0 Å². The number of aryl methyl sites for hydroxylation is 1. The Morgan fingerprint density at radius 1 is 1.36 bits per heavy atom. The summed E-state index contributed by atoms with van der Waals surface area (Å²) >= 11 is 0. The maximum Gasteiger partial charge on any atom is 0.323 e. The first-order valence-corrected chi connectivity index (χ1v) is 7.99. The number of rotatable bonds is 4. The molecule has 0 aliphatic carbocycles. The quantitative estimate of drug-likeness (QED) is 0.478. The third-order valence-electron chi connectivity index (χ3n) is 4.66. The molecule has 0 radical (unpaired) electrons. The Labute approximate surface area is 145 Å². The van der Waals surface area contributed by atoms with Crippen LogP contribution in [0.25, 0.3) is 0 Å². The molecular formula is C17H20N4O4. The Morgan fingerprint density at radius 2 is 2.04 bits per heavy atom. The van der Waals surface area contributed by atoms with Crippen LogP contribution in [0, 0.1) is 24.0 Å². The summed E-state index contributed by atoms with van der Waals surface area (Å²) in [7, 11) is 1.37. The molecular weight excluding hydrogens is 324 g/mol. The van der Waals surface area contributed by atoms with Crippen molar-refractivity contribution < 1.29 is 14.5 Å². The number of benzene rings is 1. The van der Waals surface area contributed by atoms with Crippen molar-refractivity contribution in [2.45, 2.75) is 39.5 Å². The van der Waals surface area contributed by atoms with Gasteiger partial charge < -0.3 is 4.74 Å². The summed E-state index contributed by atoms with van der Waals surface area (Å²) in [5, 5.41) is 15.5. The van der Waals surface area contributed by atoms with Gasteiger partial charge in [-0.2, -0.15) is 5.10 Å².